The lowest BCUT2D eigenvalue weighted by atomic mass is 9.99. The third kappa shape index (κ3) is 3.51. The van der Waals surface area contributed by atoms with Gasteiger partial charge in [0.15, 0.2) is 0 Å². The Kier molecular flexibility index (Phi) is 5.38. The van der Waals surface area contributed by atoms with Gasteiger partial charge in [-0.3, -0.25) is 4.79 Å². The lowest BCUT2D eigenvalue weighted by Crippen LogP contribution is -2.09. The third-order valence-electron chi connectivity index (χ3n) is 5.73. The van der Waals surface area contributed by atoms with Crippen molar-refractivity contribution >= 4 is 27.5 Å². The topological polar surface area (TPSA) is 44.8 Å². The standard InChI is InChI=1S/C24H26O4/c1-26-23-18-9-5-6-10-19(18)24(27-2)21-13-17(11-12-20(21)23)15-28-22(25)14-16-7-3-4-8-16/h5-6,9-13,16H,3-4,7-8,14-15H2,1-2H3. The van der Waals surface area contributed by atoms with Crippen molar-refractivity contribution in [2.75, 3.05) is 14.2 Å². The van der Waals surface area contributed by atoms with Crippen LogP contribution in [0.2, 0.25) is 0 Å². The lowest BCUT2D eigenvalue weighted by Gasteiger charge is -2.16. The van der Waals surface area contributed by atoms with Crippen LogP contribution in [0.5, 0.6) is 11.5 Å². The molecule has 0 aliphatic heterocycles. The first-order valence-electron chi connectivity index (χ1n) is 9.92. The zero-order valence-corrected chi connectivity index (χ0v) is 16.5. The first kappa shape index (κ1) is 18.6. The summed E-state index contributed by atoms with van der Waals surface area (Å²) >= 11 is 0. The van der Waals surface area contributed by atoms with Gasteiger partial charge in [0.2, 0.25) is 0 Å². The predicted molar refractivity (Wildman–Crippen MR) is 111 cm³/mol. The second kappa shape index (κ2) is 8.09. The zero-order chi connectivity index (χ0) is 19.5. The Hall–Kier alpha value is -2.75. The molecule has 0 aromatic heterocycles. The van der Waals surface area contributed by atoms with E-state index in [-0.39, 0.29) is 12.6 Å². The van der Waals surface area contributed by atoms with Crippen LogP contribution in [0.25, 0.3) is 21.5 Å². The summed E-state index contributed by atoms with van der Waals surface area (Å²) in [6, 6.07) is 14.1. The predicted octanol–water partition coefficient (Wildman–Crippen LogP) is 5.63. The van der Waals surface area contributed by atoms with E-state index in [0.717, 1.165) is 51.4 Å². The molecule has 3 aromatic rings. The first-order valence-corrected chi connectivity index (χ1v) is 9.92. The average molecular weight is 378 g/mol. The number of hydrogen-bond donors (Lipinski definition) is 0. The van der Waals surface area contributed by atoms with E-state index in [1.54, 1.807) is 14.2 Å². The molecule has 0 heterocycles. The molecule has 0 atom stereocenters. The molecule has 3 aromatic carbocycles. The number of rotatable bonds is 6. The minimum Gasteiger partial charge on any atom is -0.495 e. The number of methoxy groups -OCH3 is 2. The van der Waals surface area contributed by atoms with Gasteiger partial charge in [-0.05, 0) is 30.4 Å². The summed E-state index contributed by atoms with van der Waals surface area (Å²) in [5, 5.41) is 3.97. The maximum atomic E-state index is 12.2. The largest absolute Gasteiger partial charge is 0.495 e. The van der Waals surface area contributed by atoms with Crippen molar-refractivity contribution in [3.05, 3.63) is 48.0 Å². The summed E-state index contributed by atoms with van der Waals surface area (Å²) in [6.07, 6.45) is 5.30. The quantitative estimate of drug-likeness (QED) is 0.412. The van der Waals surface area contributed by atoms with Crippen LogP contribution >= 0.6 is 0 Å². The normalized spacial score (nSPS) is 14.5. The molecule has 0 N–H and O–H groups in total. The number of carbonyl (C=O) groups is 1. The average Bonchev–Trinajstić information content (AvgIpc) is 3.23. The van der Waals surface area contributed by atoms with Crippen LogP contribution in [0.15, 0.2) is 42.5 Å². The van der Waals surface area contributed by atoms with Crippen LogP contribution in [0, 0.1) is 5.92 Å². The molecule has 0 saturated heterocycles. The molecule has 4 heteroatoms. The van der Waals surface area contributed by atoms with E-state index in [0.29, 0.717) is 12.3 Å². The Labute approximate surface area is 165 Å². The Morgan fingerprint density at radius 2 is 1.50 bits per heavy atom. The van der Waals surface area contributed by atoms with Crippen molar-refractivity contribution in [2.24, 2.45) is 5.92 Å². The summed E-state index contributed by atoms with van der Waals surface area (Å²) < 4.78 is 17.0. The zero-order valence-electron chi connectivity index (χ0n) is 16.5. The first-order chi connectivity index (χ1) is 13.7. The Bertz CT molecular complexity index is 1000. The van der Waals surface area contributed by atoms with Crippen molar-refractivity contribution in [1.29, 1.82) is 0 Å². The number of carbonyl (C=O) groups excluding carboxylic acids is 1. The minimum atomic E-state index is -0.102. The van der Waals surface area contributed by atoms with Crippen LogP contribution < -0.4 is 9.47 Å². The van der Waals surface area contributed by atoms with Gasteiger partial charge in [0, 0.05) is 28.0 Å². The van der Waals surface area contributed by atoms with Crippen LogP contribution in [0.4, 0.5) is 0 Å². The summed E-state index contributed by atoms with van der Waals surface area (Å²) in [6.45, 7) is 0.278. The van der Waals surface area contributed by atoms with Crippen LogP contribution in [0.3, 0.4) is 0 Å². The number of benzene rings is 3. The van der Waals surface area contributed by atoms with E-state index in [9.17, 15) is 4.79 Å². The van der Waals surface area contributed by atoms with Gasteiger partial charge >= 0.3 is 5.97 Å². The molecule has 0 unspecified atom stereocenters. The van der Waals surface area contributed by atoms with Gasteiger partial charge in [0.1, 0.15) is 18.1 Å². The Balaban J connectivity index is 1.64. The van der Waals surface area contributed by atoms with Crippen molar-refractivity contribution in [3.63, 3.8) is 0 Å². The smallest absolute Gasteiger partial charge is 0.306 e. The van der Waals surface area contributed by atoms with E-state index in [4.69, 9.17) is 14.2 Å². The monoisotopic (exact) mass is 378 g/mol. The van der Waals surface area contributed by atoms with Gasteiger partial charge < -0.3 is 14.2 Å². The van der Waals surface area contributed by atoms with Gasteiger partial charge in [-0.2, -0.15) is 0 Å². The maximum absolute atomic E-state index is 12.2. The van der Waals surface area contributed by atoms with Crippen LogP contribution in [-0.4, -0.2) is 20.2 Å². The number of hydrogen-bond acceptors (Lipinski definition) is 4. The van der Waals surface area contributed by atoms with Gasteiger partial charge in [-0.25, -0.2) is 0 Å². The molecule has 0 spiro atoms. The number of fused-ring (bicyclic) bond motifs is 2. The van der Waals surface area contributed by atoms with Crippen LogP contribution in [-0.2, 0) is 16.1 Å². The van der Waals surface area contributed by atoms with Gasteiger partial charge in [0.25, 0.3) is 0 Å². The molecule has 1 saturated carbocycles. The molecule has 0 amide bonds. The number of ether oxygens (including phenoxy) is 3. The molecule has 0 bridgehead atoms. The SMILES string of the molecule is COc1c2ccccc2c(OC)c2cc(COC(=O)CC3CCCC3)ccc12. The third-order valence-corrected chi connectivity index (χ3v) is 5.73. The second-order valence-electron chi connectivity index (χ2n) is 7.51. The molecule has 4 nitrogen and oxygen atoms in total. The maximum Gasteiger partial charge on any atom is 0.306 e. The van der Waals surface area contributed by atoms with Gasteiger partial charge in [-0.15, -0.1) is 0 Å². The lowest BCUT2D eigenvalue weighted by molar-refractivity contribution is -0.146. The Morgan fingerprint density at radius 3 is 2.14 bits per heavy atom. The molecule has 4 rings (SSSR count). The van der Waals surface area contributed by atoms with Crippen molar-refractivity contribution in [1.82, 2.24) is 0 Å². The molecule has 1 aliphatic rings. The highest BCUT2D eigenvalue weighted by Gasteiger charge is 2.20. The molecule has 146 valence electrons. The molecule has 1 fully saturated rings. The fourth-order valence-electron chi connectivity index (χ4n) is 4.35. The van der Waals surface area contributed by atoms with E-state index in [2.05, 4.69) is 0 Å². The van der Waals surface area contributed by atoms with E-state index < -0.39 is 0 Å². The summed E-state index contributed by atoms with van der Waals surface area (Å²) in [7, 11) is 3.37. The highest BCUT2D eigenvalue weighted by molar-refractivity contribution is 6.11. The van der Waals surface area contributed by atoms with Crippen LogP contribution in [0.1, 0.15) is 37.7 Å². The van der Waals surface area contributed by atoms with Crippen molar-refractivity contribution < 1.29 is 19.0 Å². The molecular formula is C24H26O4. The second-order valence-corrected chi connectivity index (χ2v) is 7.51. The molecule has 28 heavy (non-hydrogen) atoms. The molecular weight excluding hydrogens is 352 g/mol. The van der Waals surface area contributed by atoms with Crippen molar-refractivity contribution in [2.45, 2.75) is 38.7 Å². The van der Waals surface area contributed by atoms with Crippen molar-refractivity contribution in [3.8, 4) is 11.5 Å². The summed E-state index contributed by atoms with van der Waals surface area (Å²) in [4.78, 5) is 12.2. The van der Waals surface area contributed by atoms with E-state index in [1.165, 1.54) is 12.8 Å². The fourth-order valence-corrected chi connectivity index (χ4v) is 4.35. The summed E-state index contributed by atoms with van der Waals surface area (Å²) in [5.74, 6) is 2.04. The minimum absolute atomic E-state index is 0.102. The van der Waals surface area contributed by atoms with E-state index >= 15 is 0 Å². The highest BCUT2D eigenvalue weighted by Crippen LogP contribution is 2.42. The number of esters is 1. The highest BCUT2D eigenvalue weighted by atomic mass is 16.5. The Morgan fingerprint density at radius 1 is 0.893 bits per heavy atom. The molecule has 0 radical (unpaired) electrons. The summed E-state index contributed by atoms with van der Waals surface area (Å²) in [5.41, 5.74) is 0.947. The van der Waals surface area contributed by atoms with Gasteiger partial charge in [-0.1, -0.05) is 49.2 Å². The van der Waals surface area contributed by atoms with Gasteiger partial charge in [0.05, 0.1) is 14.2 Å². The van der Waals surface area contributed by atoms with E-state index in [1.807, 2.05) is 42.5 Å². The molecule has 1 aliphatic carbocycles. The fraction of sp³-hybridized carbons (Fsp3) is 0.375.